The number of halogens is 1. The van der Waals surface area contributed by atoms with E-state index in [-0.39, 0.29) is 5.82 Å². The SMILES string of the molecule is Cc1ccc(F)c2c3c([nH]c12)CCCC3. The summed E-state index contributed by atoms with van der Waals surface area (Å²) < 4.78 is 13.8. The van der Waals surface area contributed by atoms with E-state index in [1.807, 2.05) is 13.0 Å². The Kier molecular flexibility index (Phi) is 1.84. The maximum Gasteiger partial charge on any atom is 0.132 e. The maximum absolute atomic E-state index is 13.8. The average molecular weight is 203 g/mol. The van der Waals surface area contributed by atoms with E-state index in [0.29, 0.717) is 0 Å². The van der Waals surface area contributed by atoms with Gasteiger partial charge in [0.2, 0.25) is 0 Å². The van der Waals surface area contributed by atoms with Gasteiger partial charge in [0, 0.05) is 11.1 Å². The first-order chi connectivity index (χ1) is 7.27. The summed E-state index contributed by atoms with van der Waals surface area (Å²) in [5.74, 6) is -0.0741. The molecule has 0 spiro atoms. The molecule has 0 amide bonds. The lowest BCUT2D eigenvalue weighted by Gasteiger charge is -2.10. The number of aromatic nitrogens is 1. The number of benzene rings is 1. The monoisotopic (exact) mass is 203 g/mol. The first kappa shape index (κ1) is 8.96. The first-order valence-corrected chi connectivity index (χ1v) is 5.56. The molecule has 0 saturated heterocycles. The van der Waals surface area contributed by atoms with Crippen molar-refractivity contribution >= 4 is 10.9 Å². The highest BCUT2D eigenvalue weighted by atomic mass is 19.1. The normalized spacial score (nSPS) is 15.6. The molecule has 2 heteroatoms. The van der Waals surface area contributed by atoms with Crippen molar-refractivity contribution in [2.75, 3.05) is 0 Å². The van der Waals surface area contributed by atoms with Crippen molar-refractivity contribution in [3.8, 4) is 0 Å². The third kappa shape index (κ3) is 1.21. The lowest BCUT2D eigenvalue weighted by molar-refractivity contribution is 0.634. The molecule has 0 bridgehead atoms. The highest BCUT2D eigenvalue weighted by Crippen LogP contribution is 2.32. The fourth-order valence-electron chi connectivity index (χ4n) is 2.61. The zero-order chi connectivity index (χ0) is 10.4. The van der Waals surface area contributed by atoms with Gasteiger partial charge in [-0.15, -0.1) is 0 Å². The molecule has 0 saturated carbocycles. The molecular weight excluding hydrogens is 189 g/mol. The van der Waals surface area contributed by atoms with Gasteiger partial charge in [-0.25, -0.2) is 4.39 Å². The van der Waals surface area contributed by atoms with Gasteiger partial charge in [-0.1, -0.05) is 6.07 Å². The van der Waals surface area contributed by atoms with Crippen molar-refractivity contribution in [2.45, 2.75) is 32.6 Å². The van der Waals surface area contributed by atoms with Crippen molar-refractivity contribution in [2.24, 2.45) is 0 Å². The van der Waals surface area contributed by atoms with Crippen molar-refractivity contribution in [3.63, 3.8) is 0 Å². The Morgan fingerprint density at radius 2 is 2.00 bits per heavy atom. The second kappa shape index (κ2) is 3.09. The summed E-state index contributed by atoms with van der Waals surface area (Å²) >= 11 is 0. The molecule has 0 aliphatic heterocycles. The predicted octanol–water partition coefficient (Wildman–Crippen LogP) is 3.49. The van der Waals surface area contributed by atoms with E-state index < -0.39 is 0 Å². The van der Waals surface area contributed by atoms with Crippen molar-refractivity contribution < 1.29 is 4.39 Å². The molecule has 0 radical (unpaired) electrons. The fourth-order valence-corrected chi connectivity index (χ4v) is 2.61. The van der Waals surface area contributed by atoms with E-state index in [0.717, 1.165) is 29.3 Å². The predicted molar refractivity (Wildman–Crippen MR) is 59.6 cm³/mol. The second-order valence-electron chi connectivity index (χ2n) is 4.40. The number of rotatable bonds is 0. The van der Waals surface area contributed by atoms with Crippen LogP contribution in [-0.2, 0) is 12.8 Å². The molecule has 0 unspecified atom stereocenters. The summed E-state index contributed by atoms with van der Waals surface area (Å²) in [6.07, 6.45) is 4.51. The quantitative estimate of drug-likeness (QED) is 0.674. The summed E-state index contributed by atoms with van der Waals surface area (Å²) in [4.78, 5) is 3.39. The number of nitrogens with one attached hydrogen (secondary N) is 1. The number of aromatic amines is 1. The molecule has 78 valence electrons. The number of hydrogen-bond donors (Lipinski definition) is 1. The van der Waals surface area contributed by atoms with Crippen LogP contribution in [0.3, 0.4) is 0 Å². The molecule has 1 aliphatic rings. The summed E-state index contributed by atoms with van der Waals surface area (Å²) in [6.45, 7) is 2.03. The Bertz CT molecular complexity index is 525. The first-order valence-electron chi connectivity index (χ1n) is 5.56. The van der Waals surface area contributed by atoms with Gasteiger partial charge in [0.25, 0.3) is 0 Å². The molecule has 0 atom stereocenters. The van der Waals surface area contributed by atoms with Crippen LogP contribution in [0.15, 0.2) is 12.1 Å². The Balaban J connectivity index is 2.41. The van der Waals surface area contributed by atoms with Gasteiger partial charge in [0.1, 0.15) is 5.82 Å². The molecule has 0 fully saturated rings. The van der Waals surface area contributed by atoms with Gasteiger partial charge < -0.3 is 4.98 Å². The minimum atomic E-state index is -0.0741. The molecular formula is C13H14FN. The van der Waals surface area contributed by atoms with Crippen LogP contribution in [-0.4, -0.2) is 4.98 Å². The number of hydrogen-bond acceptors (Lipinski definition) is 0. The lowest BCUT2D eigenvalue weighted by Crippen LogP contribution is -2.00. The lowest BCUT2D eigenvalue weighted by atomic mass is 9.95. The van der Waals surface area contributed by atoms with Gasteiger partial charge in [0.05, 0.1) is 5.52 Å². The highest BCUT2D eigenvalue weighted by molar-refractivity contribution is 5.88. The third-order valence-electron chi connectivity index (χ3n) is 3.41. The van der Waals surface area contributed by atoms with Crippen LogP contribution in [0.2, 0.25) is 0 Å². The average Bonchev–Trinajstić information content (AvgIpc) is 2.64. The standard InChI is InChI=1S/C13H14FN/c1-8-6-7-10(14)12-9-4-2-3-5-11(9)15-13(8)12/h6-7,15H,2-5H2,1H3. The second-order valence-corrected chi connectivity index (χ2v) is 4.40. The van der Waals surface area contributed by atoms with Gasteiger partial charge in [-0.2, -0.15) is 0 Å². The molecule has 15 heavy (non-hydrogen) atoms. The van der Waals surface area contributed by atoms with Gasteiger partial charge in [-0.05, 0) is 49.8 Å². The Morgan fingerprint density at radius 3 is 2.87 bits per heavy atom. The Hall–Kier alpha value is -1.31. The number of aryl methyl sites for hydroxylation is 3. The molecule has 3 rings (SSSR count). The smallest absolute Gasteiger partial charge is 0.132 e. The maximum atomic E-state index is 13.8. The Labute approximate surface area is 88.3 Å². The zero-order valence-electron chi connectivity index (χ0n) is 8.86. The van der Waals surface area contributed by atoms with Crippen LogP contribution < -0.4 is 0 Å². The largest absolute Gasteiger partial charge is 0.358 e. The van der Waals surface area contributed by atoms with Crippen LogP contribution in [0.25, 0.3) is 10.9 Å². The van der Waals surface area contributed by atoms with E-state index in [2.05, 4.69) is 4.98 Å². The molecule has 1 aromatic heterocycles. The molecule has 1 heterocycles. The Morgan fingerprint density at radius 1 is 1.20 bits per heavy atom. The summed E-state index contributed by atoms with van der Waals surface area (Å²) in [7, 11) is 0. The van der Waals surface area contributed by atoms with Crippen LogP contribution in [0.4, 0.5) is 4.39 Å². The van der Waals surface area contributed by atoms with Crippen molar-refractivity contribution in [3.05, 3.63) is 34.8 Å². The van der Waals surface area contributed by atoms with Crippen molar-refractivity contribution in [1.29, 1.82) is 0 Å². The molecule has 2 aromatic rings. The van der Waals surface area contributed by atoms with Crippen LogP contribution >= 0.6 is 0 Å². The minimum Gasteiger partial charge on any atom is -0.358 e. The van der Waals surface area contributed by atoms with Crippen molar-refractivity contribution in [1.82, 2.24) is 4.98 Å². The highest BCUT2D eigenvalue weighted by Gasteiger charge is 2.18. The summed E-state index contributed by atoms with van der Waals surface area (Å²) in [5.41, 5.74) is 4.62. The van der Waals surface area contributed by atoms with Crippen LogP contribution in [0, 0.1) is 12.7 Å². The number of fused-ring (bicyclic) bond motifs is 3. The van der Waals surface area contributed by atoms with E-state index in [4.69, 9.17) is 0 Å². The van der Waals surface area contributed by atoms with Gasteiger partial charge in [0.15, 0.2) is 0 Å². The van der Waals surface area contributed by atoms with Gasteiger partial charge >= 0.3 is 0 Å². The van der Waals surface area contributed by atoms with Crippen LogP contribution in [0.5, 0.6) is 0 Å². The van der Waals surface area contributed by atoms with Crippen LogP contribution in [0.1, 0.15) is 29.7 Å². The van der Waals surface area contributed by atoms with Gasteiger partial charge in [-0.3, -0.25) is 0 Å². The van der Waals surface area contributed by atoms with E-state index in [1.165, 1.54) is 24.1 Å². The topological polar surface area (TPSA) is 15.8 Å². The molecule has 1 aliphatic carbocycles. The molecule has 1 N–H and O–H groups in total. The number of H-pyrrole nitrogens is 1. The zero-order valence-corrected chi connectivity index (χ0v) is 8.86. The van der Waals surface area contributed by atoms with E-state index in [1.54, 1.807) is 6.07 Å². The summed E-state index contributed by atoms with van der Waals surface area (Å²) in [5, 5.41) is 0.838. The third-order valence-corrected chi connectivity index (χ3v) is 3.41. The van der Waals surface area contributed by atoms with E-state index >= 15 is 0 Å². The minimum absolute atomic E-state index is 0.0741. The van der Waals surface area contributed by atoms with E-state index in [9.17, 15) is 4.39 Å². The summed E-state index contributed by atoms with van der Waals surface area (Å²) in [6, 6.07) is 3.43. The molecule has 1 aromatic carbocycles. The fraction of sp³-hybridized carbons (Fsp3) is 0.385. The molecule has 1 nitrogen and oxygen atoms in total.